The zero-order valence-corrected chi connectivity index (χ0v) is 13.6. The summed E-state index contributed by atoms with van der Waals surface area (Å²) >= 11 is 1.42. The molecule has 0 bridgehead atoms. The Morgan fingerprint density at radius 2 is 2.09 bits per heavy atom. The van der Waals surface area contributed by atoms with Gasteiger partial charge in [-0.3, -0.25) is 4.79 Å². The van der Waals surface area contributed by atoms with E-state index in [0.717, 1.165) is 27.7 Å². The summed E-state index contributed by atoms with van der Waals surface area (Å²) in [6, 6.07) is 8.14. The van der Waals surface area contributed by atoms with E-state index in [1.54, 1.807) is 19.0 Å². The van der Waals surface area contributed by atoms with Gasteiger partial charge in [0.05, 0.1) is 23.8 Å². The molecular formula is C17H17N3OS. The molecule has 0 aliphatic carbocycles. The van der Waals surface area contributed by atoms with E-state index < -0.39 is 0 Å². The van der Waals surface area contributed by atoms with Gasteiger partial charge in [-0.15, -0.1) is 0 Å². The second-order valence-corrected chi connectivity index (χ2v) is 6.21. The minimum atomic E-state index is 0.0919. The second kappa shape index (κ2) is 5.85. The van der Waals surface area contributed by atoms with Crippen molar-refractivity contribution >= 4 is 28.3 Å². The predicted octanol–water partition coefficient (Wildman–Crippen LogP) is 3.30. The lowest BCUT2D eigenvalue weighted by atomic mass is 10.0. The normalized spacial score (nSPS) is 10.9. The van der Waals surface area contributed by atoms with E-state index in [1.165, 1.54) is 17.1 Å². The Morgan fingerprint density at radius 1 is 1.27 bits per heavy atom. The maximum absolute atomic E-state index is 11.9. The molecule has 0 aliphatic rings. The number of hydrogen-bond acceptors (Lipinski definition) is 4. The van der Waals surface area contributed by atoms with Crippen LogP contribution in [-0.4, -0.2) is 34.3 Å². The molecule has 3 rings (SSSR count). The number of carbonyl (C=O) groups is 1. The Morgan fingerprint density at radius 3 is 2.77 bits per heavy atom. The van der Waals surface area contributed by atoms with Crippen LogP contribution in [0.2, 0.25) is 0 Å². The molecule has 4 nitrogen and oxygen atoms in total. The van der Waals surface area contributed by atoms with Crippen molar-refractivity contribution in [3.05, 3.63) is 47.0 Å². The third kappa shape index (κ3) is 2.85. The first-order valence-corrected chi connectivity index (χ1v) is 7.88. The highest BCUT2D eigenvalue weighted by atomic mass is 32.1. The van der Waals surface area contributed by atoms with Crippen molar-refractivity contribution in [3.63, 3.8) is 0 Å². The number of amides is 1. The van der Waals surface area contributed by atoms with Crippen LogP contribution in [-0.2, 0) is 11.2 Å². The van der Waals surface area contributed by atoms with Gasteiger partial charge >= 0.3 is 0 Å². The Kier molecular flexibility index (Phi) is 3.90. The van der Waals surface area contributed by atoms with Crippen LogP contribution in [0.25, 0.3) is 22.2 Å². The van der Waals surface area contributed by atoms with Gasteiger partial charge in [-0.1, -0.05) is 12.1 Å². The third-order valence-electron chi connectivity index (χ3n) is 3.66. The molecule has 0 N–H and O–H groups in total. The topological polar surface area (TPSA) is 46.1 Å². The molecule has 5 heteroatoms. The molecule has 0 saturated heterocycles. The van der Waals surface area contributed by atoms with Crippen molar-refractivity contribution in [2.75, 3.05) is 14.1 Å². The molecule has 22 heavy (non-hydrogen) atoms. The predicted molar refractivity (Wildman–Crippen MR) is 90.0 cm³/mol. The van der Waals surface area contributed by atoms with Crippen LogP contribution < -0.4 is 0 Å². The molecule has 3 aromatic rings. The van der Waals surface area contributed by atoms with Gasteiger partial charge < -0.3 is 4.90 Å². The summed E-state index contributed by atoms with van der Waals surface area (Å²) in [5.74, 6) is 0.0919. The lowest BCUT2D eigenvalue weighted by molar-refractivity contribution is -0.127. The highest BCUT2D eigenvalue weighted by Crippen LogP contribution is 2.25. The third-order valence-corrected chi connectivity index (χ3v) is 4.25. The number of pyridine rings is 1. The van der Waals surface area contributed by atoms with Crippen LogP contribution in [0.15, 0.2) is 35.8 Å². The summed E-state index contributed by atoms with van der Waals surface area (Å²) in [4.78, 5) is 18.2. The highest BCUT2D eigenvalue weighted by molar-refractivity contribution is 7.03. The Hall–Kier alpha value is -2.27. The molecule has 0 aliphatic heterocycles. The van der Waals surface area contributed by atoms with Gasteiger partial charge in [-0.05, 0) is 41.7 Å². The largest absolute Gasteiger partial charge is 0.349 e. The first kappa shape index (κ1) is 14.7. The van der Waals surface area contributed by atoms with Crippen molar-refractivity contribution in [3.8, 4) is 11.3 Å². The zero-order valence-electron chi connectivity index (χ0n) is 12.8. The van der Waals surface area contributed by atoms with Crippen molar-refractivity contribution in [1.82, 2.24) is 14.3 Å². The maximum Gasteiger partial charge on any atom is 0.226 e. The summed E-state index contributed by atoms with van der Waals surface area (Å²) in [6.45, 7) is 2.08. The molecule has 1 amide bonds. The molecule has 2 heterocycles. The average Bonchev–Trinajstić information content (AvgIpc) is 3.00. The minimum absolute atomic E-state index is 0.0919. The number of aryl methyl sites for hydroxylation is 1. The average molecular weight is 311 g/mol. The SMILES string of the molecule is Cc1cc(-c2cnsc2)nc2cc(CC(=O)N(C)C)ccc12. The Balaban J connectivity index is 2.04. The van der Waals surface area contributed by atoms with Crippen molar-refractivity contribution < 1.29 is 4.79 Å². The molecule has 0 unspecified atom stereocenters. The lowest BCUT2D eigenvalue weighted by Gasteiger charge is -2.11. The number of hydrogen-bond donors (Lipinski definition) is 0. The van der Waals surface area contributed by atoms with Crippen molar-refractivity contribution in [2.45, 2.75) is 13.3 Å². The van der Waals surface area contributed by atoms with E-state index in [1.807, 2.05) is 29.8 Å². The van der Waals surface area contributed by atoms with Gasteiger partial charge in [0.25, 0.3) is 0 Å². The van der Waals surface area contributed by atoms with Gasteiger partial charge in [-0.2, -0.15) is 0 Å². The van der Waals surface area contributed by atoms with Gasteiger partial charge in [0, 0.05) is 30.4 Å². The fourth-order valence-electron chi connectivity index (χ4n) is 2.37. The van der Waals surface area contributed by atoms with Crippen molar-refractivity contribution in [2.24, 2.45) is 0 Å². The number of nitrogens with zero attached hydrogens (tertiary/aromatic N) is 3. The van der Waals surface area contributed by atoms with Gasteiger partial charge in [0.1, 0.15) is 0 Å². The molecular weight excluding hydrogens is 294 g/mol. The summed E-state index contributed by atoms with van der Waals surface area (Å²) in [6.07, 6.45) is 2.23. The first-order valence-electron chi connectivity index (χ1n) is 7.05. The number of benzene rings is 1. The van der Waals surface area contributed by atoms with Crippen LogP contribution >= 0.6 is 11.5 Å². The molecule has 0 spiro atoms. The Bertz CT molecular complexity index is 825. The molecule has 0 radical (unpaired) electrons. The van der Waals surface area contributed by atoms with E-state index in [0.29, 0.717) is 6.42 Å². The van der Waals surface area contributed by atoms with Crippen molar-refractivity contribution in [1.29, 1.82) is 0 Å². The molecule has 0 fully saturated rings. The van der Waals surface area contributed by atoms with E-state index in [9.17, 15) is 4.79 Å². The van der Waals surface area contributed by atoms with Gasteiger partial charge in [-0.25, -0.2) is 9.36 Å². The first-order chi connectivity index (χ1) is 10.5. The van der Waals surface area contributed by atoms with Crippen LogP contribution in [0, 0.1) is 6.92 Å². The maximum atomic E-state index is 11.9. The number of carbonyl (C=O) groups excluding carboxylic acids is 1. The van der Waals surface area contributed by atoms with E-state index in [4.69, 9.17) is 4.98 Å². The summed E-state index contributed by atoms with van der Waals surface area (Å²) < 4.78 is 4.14. The van der Waals surface area contributed by atoms with E-state index in [2.05, 4.69) is 17.4 Å². The van der Waals surface area contributed by atoms with E-state index >= 15 is 0 Å². The fourth-order valence-corrected chi connectivity index (χ4v) is 2.90. The standard InChI is InChI=1S/C17H17N3OS/c1-11-6-15(13-9-18-22-10-13)19-16-7-12(4-5-14(11)16)8-17(21)20(2)3/h4-7,9-10H,8H2,1-3H3. The van der Waals surface area contributed by atoms with Gasteiger partial charge in [0.15, 0.2) is 0 Å². The molecule has 2 aromatic heterocycles. The Labute approximate surface area is 133 Å². The zero-order chi connectivity index (χ0) is 15.7. The second-order valence-electron chi connectivity index (χ2n) is 5.55. The monoisotopic (exact) mass is 311 g/mol. The molecule has 112 valence electrons. The fraction of sp³-hybridized carbons (Fsp3) is 0.235. The van der Waals surface area contributed by atoms with E-state index in [-0.39, 0.29) is 5.91 Å². The number of likely N-dealkylation sites (N-methyl/N-ethyl adjacent to an activating group) is 1. The van der Waals surface area contributed by atoms with Gasteiger partial charge in [0.2, 0.25) is 5.91 Å². The summed E-state index contributed by atoms with van der Waals surface area (Å²) in [7, 11) is 3.54. The quantitative estimate of drug-likeness (QED) is 0.745. The van der Waals surface area contributed by atoms with Crippen LogP contribution in [0.4, 0.5) is 0 Å². The number of aromatic nitrogens is 2. The lowest BCUT2D eigenvalue weighted by Crippen LogP contribution is -2.23. The molecule has 0 saturated carbocycles. The summed E-state index contributed by atoms with van der Waals surface area (Å²) in [5.41, 5.74) is 5.04. The van der Waals surface area contributed by atoms with Crippen LogP contribution in [0.1, 0.15) is 11.1 Å². The molecule has 0 atom stereocenters. The molecule has 1 aromatic carbocycles. The smallest absolute Gasteiger partial charge is 0.226 e. The number of fused-ring (bicyclic) bond motifs is 1. The van der Waals surface area contributed by atoms with Crippen LogP contribution in [0.3, 0.4) is 0 Å². The summed E-state index contributed by atoms with van der Waals surface area (Å²) in [5, 5.41) is 3.11. The number of rotatable bonds is 3. The minimum Gasteiger partial charge on any atom is -0.349 e. The highest BCUT2D eigenvalue weighted by Gasteiger charge is 2.09. The van der Waals surface area contributed by atoms with Crippen LogP contribution in [0.5, 0.6) is 0 Å².